The minimum atomic E-state index is -0.415. The van der Waals surface area contributed by atoms with E-state index in [4.69, 9.17) is 0 Å². The van der Waals surface area contributed by atoms with E-state index in [-0.39, 0.29) is 5.69 Å². The minimum absolute atomic E-state index is 0.0346. The van der Waals surface area contributed by atoms with Crippen LogP contribution in [0.5, 0.6) is 0 Å². The summed E-state index contributed by atoms with van der Waals surface area (Å²) in [6, 6.07) is 12.8. The monoisotopic (exact) mass is 245 g/mol. The van der Waals surface area contributed by atoms with Gasteiger partial charge in [0.25, 0.3) is 5.69 Å². The summed E-state index contributed by atoms with van der Waals surface area (Å²) in [5.74, 6) is 0. The summed E-state index contributed by atoms with van der Waals surface area (Å²) in [5.41, 5.74) is 2.87. The van der Waals surface area contributed by atoms with Gasteiger partial charge in [-0.3, -0.25) is 10.1 Å². The molecule has 4 heteroatoms. The second-order valence-corrected chi connectivity index (χ2v) is 4.25. The molecule has 0 N–H and O–H groups in total. The molecule has 2 aromatic rings. The zero-order chi connectivity index (χ0) is 12.4. The first-order valence-corrected chi connectivity index (χ1v) is 5.57. The number of nitro groups is 1. The second-order valence-electron chi connectivity index (χ2n) is 3.80. The standard InChI is InChI=1S/C13H11NO2S/c1-9-4-2-5-10(8-9)11-6-3-7-12(13(11)17)14(15)16/h2-8,17H,1H3. The predicted molar refractivity (Wildman–Crippen MR) is 70.5 cm³/mol. The van der Waals surface area contributed by atoms with Gasteiger partial charge in [-0.05, 0) is 12.5 Å². The quantitative estimate of drug-likeness (QED) is 0.496. The number of hydrogen-bond donors (Lipinski definition) is 1. The van der Waals surface area contributed by atoms with E-state index < -0.39 is 4.92 Å². The van der Waals surface area contributed by atoms with Crippen molar-refractivity contribution in [2.75, 3.05) is 0 Å². The highest BCUT2D eigenvalue weighted by atomic mass is 32.1. The molecule has 2 aromatic carbocycles. The van der Waals surface area contributed by atoms with Crippen molar-refractivity contribution in [3.63, 3.8) is 0 Å². The van der Waals surface area contributed by atoms with Crippen LogP contribution in [-0.2, 0) is 0 Å². The Bertz CT molecular complexity index is 581. The fourth-order valence-electron chi connectivity index (χ4n) is 1.72. The van der Waals surface area contributed by atoms with Crippen LogP contribution in [0.1, 0.15) is 5.56 Å². The largest absolute Gasteiger partial charge is 0.283 e. The third-order valence-corrected chi connectivity index (χ3v) is 3.01. The number of hydrogen-bond acceptors (Lipinski definition) is 3. The topological polar surface area (TPSA) is 43.1 Å². The highest BCUT2D eigenvalue weighted by Crippen LogP contribution is 2.33. The first-order chi connectivity index (χ1) is 8.09. The number of aryl methyl sites for hydroxylation is 1. The van der Waals surface area contributed by atoms with Crippen LogP contribution >= 0.6 is 12.6 Å². The molecule has 86 valence electrons. The molecular weight excluding hydrogens is 234 g/mol. The molecule has 0 saturated carbocycles. The van der Waals surface area contributed by atoms with E-state index >= 15 is 0 Å². The molecule has 0 unspecified atom stereocenters. The Morgan fingerprint density at radius 3 is 2.53 bits per heavy atom. The molecule has 0 bridgehead atoms. The summed E-state index contributed by atoms with van der Waals surface area (Å²) < 4.78 is 0. The van der Waals surface area contributed by atoms with Gasteiger partial charge >= 0.3 is 0 Å². The van der Waals surface area contributed by atoms with Gasteiger partial charge in [-0.15, -0.1) is 12.6 Å². The molecule has 0 atom stereocenters. The van der Waals surface area contributed by atoms with Gasteiger partial charge < -0.3 is 0 Å². The zero-order valence-corrected chi connectivity index (χ0v) is 10.1. The van der Waals surface area contributed by atoms with Crippen LogP contribution in [0.2, 0.25) is 0 Å². The molecule has 0 spiro atoms. The Morgan fingerprint density at radius 1 is 1.18 bits per heavy atom. The van der Waals surface area contributed by atoms with E-state index in [0.717, 1.165) is 16.7 Å². The van der Waals surface area contributed by atoms with Crippen molar-refractivity contribution >= 4 is 18.3 Å². The SMILES string of the molecule is Cc1cccc(-c2cccc([N+](=O)[O-])c2S)c1. The summed E-state index contributed by atoms with van der Waals surface area (Å²) in [6.45, 7) is 1.99. The smallest absolute Gasteiger partial charge is 0.258 e. The summed E-state index contributed by atoms with van der Waals surface area (Å²) in [6.07, 6.45) is 0. The average Bonchev–Trinajstić information content (AvgIpc) is 2.29. The van der Waals surface area contributed by atoms with Crippen LogP contribution in [-0.4, -0.2) is 4.92 Å². The first-order valence-electron chi connectivity index (χ1n) is 5.13. The molecule has 0 aliphatic carbocycles. The van der Waals surface area contributed by atoms with Gasteiger partial charge in [-0.1, -0.05) is 42.0 Å². The lowest BCUT2D eigenvalue weighted by atomic mass is 10.0. The van der Waals surface area contributed by atoms with Crippen molar-refractivity contribution in [3.8, 4) is 11.1 Å². The third-order valence-electron chi connectivity index (χ3n) is 2.54. The summed E-state index contributed by atoms with van der Waals surface area (Å²) in [4.78, 5) is 10.8. The molecule has 3 nitrogen and oxygen atoms in total. The molecule has 0 fully saturated rings. The Morgan fingerprint density at radius 2 is 1.88 bits per heavy atom. The van der Waals surface area contributed by atoms with Crippen LogP contribution in [0, 0.1) is 17.0 Å². The lowest BCUT2D eigenvalue weighted by molar-refractivity contribution is -0.387. The van der Waals surface area contributed by atoms with Gasteiger partial charge in [0.05, 0.1) is 9.82 Å². The van der Waals surface area contributed by atoms with Crippen molar-refractivity contribution in [1.29, 1.82) is 0 Å². The highest BCUT2D eigenvalue weighted by molar-refractivity contribution is 7.80. The number of rotatable bonds is 2. The molecule has 0 radical (unpaired) electrons. The van der Waals surface area contributed by atoms with Crippen LogP contribution in [0.15, 0.2) is 47.4 Å². The molecule has 0 aliphatic heterocycles. The first kappa shape index (κ1) is 11.7. The van der Waals surface area contributed by atoms with E-state index in [0.29, 0.717) is 4.90 Å². The fraction of sp³-hybridized carbons (Fsp3) is 0.0769. The molecular formula is C13H11NO2S. The Kier molecular flexibility index (Phi) is 3.15. The van der Waals surface area contributed by atoms with Gasteiger partial charge in [-0.2, -0.15) is 0 Å². The second kappa shape index (κ2) is 4.59. The van der Waals surface area contributed by atoms with Gasteiger partial charge in [0, 0.05) is 11.6 Å². The summed E-state index contributed by atoms with van der Waals surface area (Å²) in [5, 5.41) is 10.8. The number of nitrogens with zero attached hydrogens (tertiary/aromatic N) is 1. The van der Waals surface area contributed by atoms with E-state index in [2.05, 4.69) is 12.6 Å². The average molecular weight is 245 g/mol. The molecule has 0 heterocycles. The van der Waals surface area contributed by atoms with Gasteiger partial charge in [0.2, 0.25) is 0 Å². The van der Waals surface area contributed by atoms with E-state index in [9.17, 15) is 10.1 Å². The minimum Gasteiger partial charge on any atom is -0.258 e. The van der Waals surface area contributed by atoms with Gasteiger partial charge in [0.15, 0.2) is 0 Å². The maximum Gasteiger partial charge on any atom is 0.283 e. The number of benzene rings is 2. The van der Waals surface area contributed by atoms with Crippen molar-refractivity contribution in [1.82, 2.24) is 0 Å². The van der Waals surface area contributed by atoms with Crippen LogP contribution in [0.3, 0.4) is 0 Å². The Hall–Kier alpha value is -1.81. The van der Waals surface area contributed by atoms with Crippen LogP contribution in [0.25, 0.3) is 11.1 Å². The summed E-state index contributed by atoms with van der Waals surface area (Å²) in [7, 11) is 0. The molecule has 2 rings (SSSR count). The maximum atomic E-state index is 10.8. The molecule has 0 amide bonds. The predicted octanol–water partition coefficient (Wildman–Crippen LogP) is 3.86. The molecule has 0 aromatic heterocycles. The van der Waals surface area contributed by atoms with Crippen molar-refractivity contribution in [2.45, 2.75) is 11.8 Å². The van der Waals surface area contributed by atoms with E-state index in [1.807, 2.05) is 37.3 Å². The molecule has 0 saturated heterocycles. The van der Waals surface area contributed by atoms with E-state index in [1.54, 1.807) is 6.07 Å². The van der Waals surface area contributed by atoms with Crippen molar-refractivity contribution in [3.05, 3.63) is 58.1 Å². The Balaban J connectivity index is 2.60. The van der Waals surface area contributed by atoms with Crippen molar-refractivity contribution in [2.24, 2.45) is 0 Å². The highest BCUT2D eigenvalue weighted by Gasteiger charge is 2.14. The van der Waals surface area contributed by atoms with Crippen LogP contribution in [0.4, 0.5) is 5.69 Å². The molecule has 17 heavy (non-hydrogen) atoms. The van der Waals surface area contributed by atoms with Gasteiger partial charge in [-0.25, -0.2) is 0 Å². The van der Waals surface area contributed by atoms with Crippen LogP contribution < -0.4 is 0 Å². The van der Waals surface area contributed by atoms with Crippen molar-refractivity contribution < 1.29 is 4.92 Å². The number of thiol groups is 1. The normalized spacial score (nSPS) is 10.2. The lowest BCUT2D eigenvalue weighted by Crippen LogP contribution is -1.91. The zero-order valence-electron chi connectivity index (χ0n) is 9.25. The van der Waals surface area contributed by atoms with Gasteiger partial charge in [0.1, 0.15) is 0 Å². The maximum absolute atomic E-state index is 10.8. The molecule has 0 aliphatic rings. The third kappa shape index (κ3) is 2.31. The number of nitro benzene ring substituents is 1. The lowest BCUT2D eigenvalue weighted by Gasteiger charge is -2.06. The Labute approximate surface area is 105 Å². The summed E-state index contributed by atoms with van der Waals surface area (Å²) >= 11 is 4.25. The fourth-order valence-corrected chi connectivity index (χ4v) is 2.08. The van der Waals surface area contributed by atoms with E-state index in [1.165, 1.54) is 6.07 Å².